The summed E-state index contributed by atoms with van der Waals surface area (Å²) >= 11 is 0. The van der Waals surface area contributed by atoms with Gasteiger partial charge in [0.05, 0.1) is 19.1 Å². The van der Waals surface area contributed by atoms with Gasteiger partial charge in [0.25, 0.3) is 0 Å². The van der Waals surface area contributed by atoms with Gasteiger partial charge in [-0.2, -0.15) is 0 Å². The first kappa shape index (κ1) is 17.4. The minimum absolute atomic E-state index is 0.103. The van der Waals surface area contributed by atoms with E-state index in [-0.39, 0.29) is 6.54 Å². The average molecular weight is 295 g/mol. The van der Waals surface area contributed by atoms with E-state index in [1.165, 1.54) is 0 Å². The molecule has 0 heterocycles. The van der Waals surface area contributed by atoms with E-state index in [4.69, 9.17) is 4.84 Å². The topological polar surface area (TPSA) is 66.8 Å². The van der Waals surface area contributed by atoms with Crippen molar-refractivity contribution in [1.82, 2.24) is 5.06 Å². The lowest BCUT2D eigenvalue weighted by Gasteiger charge is -2.22. The lowest BCUT2D eigenvalue weighted by molar-refractivity contribution is -0.175. The normalized spacial score (nSPS) is 15.4. The minimum atomic E-state index is -0.874. The van der Waals surface area contributed by atoms with Crippen LogP contribution in [0.2, 0.25) is 0 Å². The zero-order chi connectivity index (χ0) is 15.5. The molecule has 1 aliphatic carbocycles. The van der Waals surface area contributed by atoms with Crippen LogP contribution in [0, 0.1) is 5.92 Å². The summed E-state index contributed by atoms with van der Waals surface area (Å²) in [7, 11) is 0. The molecule has 0 saturated carbocycles. The van der Waals surface area contributed by atoms with Crippen LogP contribution in [-0.2, 0) is 14.4 Å². The largest absolute Gasteiger partial charge is 0.481 e. The highest BCUT2D eigenvalue weighted by atomic mass is 16.7. The molecule has 1 atom stereocenters. The number of allylic oxidation sites excluding steroid dienone is 3. The molecule has 1 rings (SSSR count). The fourth-order valence-electron chi connectivity index (χ4n) is 2.22. The maximum absolute atomic E-state index is 11.2. The lowest BCUT2D eigenvalue weighted by Crippen LogP contribution is -2.33. The fourth-order valence-corrected chi connectivity index (χ4v) is 2.22. The number of carbonyl (C=O) groups is 2. The van der Waals surface area contributed by atoms with Gasteiger partial charge in [-0.15, -0.1) is 0 Å². The molecule has 0 aliphatic heterocycles. The van der Waals surface area contributed by atoms with Crippen molar-refractivity contribution in [3.8, 4) is 0 Å². The molecule has 0 fully saturated rings. The Morgan fingerprint density at radius 3 is 2.90 bits per heavy atom. The zero-order valence-electron chi connectivity index (χ0n) is 12.7. The van der Waals surface area contributed by atoms with E-state index in [1.54, 1.807) is 0 Å². The Morgan fingerprint density at radius 2 is 2.33 bits per heavy atom. The van der Waals surface area contributed by atoms with E-state index in [1.807, 2.05) is 12.2 Å². The third-order valence-corrected chi connectivity index (χ3v) is 3.54. The second-order valence-electron chi connectivity index (χ2n) is 5.30. The Balaban J connectivity index is 2.41. The number of carboxylic acids is 1. The first-order valence-electron chi connectivity index (χ1n) is 7.59. The number of hydrogen-bond donors (Lipinski definition) is 1. The molecular weight excluding hydrogens is 270 g/mol. The maximum atomic E-state index is 11.2. The van der Waals surface area contributed by atoms with Crippen LogP contribution >= 0.6 is 0 Å². The van der Waals surface area contributed by atoms with Gasteiger partial charge >= 0.3 is 5.97 Å². The number of rotatable bonds is 11. The number of carboxylic acid groups (broad SMARTS) is 1. The molecule has 1 N–H and O–H groups in total. The van der Waals surface area contributed by atoms with Crippen molar-refractivity contribution >= 4 is 12.4 Å². The van der Waals surface area contributed by atoms with Gasteiger partial charge in [-0.1, -0.05) is 44.4 Å². The van der Waals surface area contributed by atoms with Crippen molar-refractivity contribution in [2.24, 2.45) is 5.92 Å². The van der Waals surface area contributed by atoms with Crippen LogP contribution < -0.4 is 0 Å². The fraction of sp³-hybridized carbons (Fsp3) is 0.625. The van der Waals surface area contributed by atoms with E-state index in [0.717, 1.165) is 42.7 Å². The molecule has 1 unspecified atom stereocenters. The predicted molar refractivity (Wildman–Crippen MR) is 80.4 cm³/mol. The minimum Gasteiger partial charge on any atom is -0.481 e. The van der Waals surface area contributed by atoms with Crippen LogP contribution in [0.5, 0.6) is 0 Å². The Bertz CT molecular complexity index is 390. The summed E-state index contributed by atoms with van der Waals surface area (Å²) in [5.41, 5.74) is 1.11. The highest BCUT2D eigenvalue weighted by molar-refractivity contribution is 5.70. The highest BCUT2D eigenvalue weighted by Crippen LogP contribution is 2.15. The molecule has 0 aromatic rings. The summed E-state index contributed by atoms with van der Waals surface area (Å²) in [6.45, 7) is 2.51. The van der Waals surface area contributed by atoms with Crippen LogP contribution in [0.25, 0.3) is 0 Å². The molecule has 5 nitrogen and oxygen atoms in total. The first-order valence-corrected chi connectivity index (χ1v) is 7.59. The molecule has 21 heavy (non-hydrogen) atoms. The summed E-state index contributed by atoms with van der Waals surface area (Å²) in [4.78, 5) is 27.7. The molecule has 0 aromatic carbocycles. The van der Waals surface area contributed by atoms with Crippen molar-refractivity contribution in [2.45, 2.75) is 45.4 Å². The number of unbranched alkanes of at least 4 members (excludes halogenated alkanes) is 2. The van der Waals surface area contributed by atoms with Gasteiger partial charge in [0.2, 0.25) is 6.41 Å². The molecule has 1 amide bonds. The van der Waals surface area contributed by atoms with Gasteiger partial charge < -0.3 is 5.11 Å². The third kappa shape index (κ3) is 7.09. The number of amides is 1. The summed E-state index contributed by atoms with van der Waals surface area (Å²) in [5.74, 6) is -1.44. The second kappa shape index (κ2) is 10.2. The lowest BCUT2D eigenvalue weighted by atomic mass is 10.0. The van der Waals surface area contributed by atoms with E-state index < -0.39 is 11.9 Å². The number of carbonyl (C=O) groups excluding carboxylic acids is 1. The van der Waals surface area contributed by atoms with Gasteiger partial charge in [0, 0.05) is 0 Å². The molecule has 1 aliphatic rings. The molecule has 0 bridgehead atoms. The van der Waals surface area contributed by atoms with Crippen molar-refractivity contribution in [3.63, 3.8) is 0 Å². The number of hydroxylamine groups is 2. The summed E-state index contributed by atoms with van der Waals surface area (Å²) in [5, 5.41) is 10.3. The second-order valence-corrected chi connectivity index (χ2v) is 5.30. The van der Waals surface area contributed by atoms with E-state index in [2.05, 4.69) is 13.0 Å². The maximum Gasteiger partial charge on any atom is 0.308 e. The smallest absolute Gasteiger partial charge is 0.308 e. The van der Waals surface area contributed by atoms with Crippen LogP contribution in [0.15, 0.2) is 23.8 Å². The van der Waals surface area contributed by atoms with Gasteiger partial charge in [-0.05, 0) is 24.8 Å². The van der Waals surface area contributed by atoms with E-state index >= 15 is 0 Å². The first-order chi connectivity index (χ1) is 10.2. The monoisotopic (exact) mass is 295 g/mol. The SMILES string of the molecule is CCCCCC(CN(C=O)OCC1=CC=CCC1)C(=O)O. The molecule has 5 heteroatoms. The standard InChI is InChI=1S/C16H25NO4/c1-2-3-5-10-15(16(19)20)11-17(13-18)21-12-14-8-6-4-7-9-14/h4,6,8,13,15H,2-3,5,7,9-12H2,1H3,(H,19,20). The average Bonchev–Trinajstić information content (AvgIpc) is 2.50. The van der Waals surface area contributed by atoms with Gasteiger partial charge in [0.1, 0.15) is 0 Å². The Hall–Kier alpha value is -1.62. The summed E-state index contributed by atoms with van der Waals surface area (Å²) < 4.78 is 0. The third-order valence-electron chi connectivity index (χ3n) is 3.54. The van der Waals surface area contributed by atoms with Gasteiger partial charge in [-0.3, -0.25) is 14.4 Å². The molecule has 0 radical (unpaired) electrons. The van der Waals surface area contributed by atoms with Crippen molar-refractivity contribution in [1.29, 1.82) is 0 Å². The quantitative estimate of drug-likeness (QED) is 0.361. The van der Waals surface area contributed by atoms with Crippen molar-refractivity contribution < 1.29 is 19.5 Å². The van der Waals surface area contributed by atoms with Crippen LogP contribution in [-0.4, -0.2) is 35.7 Å². The van der Waals surface area contributed by atoms with Crippen LogP contribution in [0.1, 0.15) is 45.4 Å². The molecule has 0 saturated heterocycles. The molecule has 118 valence electrons. The van der Waals surface area contributed by atoms with Crippen LogP contribution in [0.4, 0.5) is 0 Å². The molecule has 0 spiro atoms. The van der Waals surface area contributed by atoms with E-state index in [0.29, 0.717) is 19.4 Å². The van der Waals surface area contributed by atoms with Crippen LogP contribution in [0.3, 0.4) is 0 Å². The summed E-state index contributed by atoms with van der Waals surface area (Å²) in [6.07, 6.45) is 12.0. The molecular formula is C16H25NO4. The number of aliphatic carboxylic acids is 1. The number of nitrogens with zero attached hydrogens (tertiary/aromatic N) is 1. The van der Waals surface area contributed by atoms with Crippen molar-refractivity contribution in [2.75, 3.05) is 13.2 Å². The van der Waals surface area contributed by atoms with E-state index in [9.17, 15) is 14.7 Å². The van der Waals surface area contributed by atoms with Gasteiger partial charge in [0.15, 0.2) is 0 Å². The zero-order valence-corrected chi connectivity index (χ0v) is 12.7. The van der Waals surface area contributed by atoms with Gasteiger partial charge in [-0.25, -0.2) is 5.06 Å². The Morgan fingerprint density at radius 1 is 1.52 bits per heavy atom. The Kier molecular flexibility index (Phi) is 8.43. The predicted octanol–water partition coefficient (Wildman–Crippen LogP) is 2.93. The molecule has 0 aromatic heterocycles. The summed E-state index contributed by atoms with van der Waals surface area (Å²) in [6, 6.07) is 0. The Labute approximate surface area is 126 Å². The number of hydrogen-bond acceptors (Lipinski definition) is 3. The highest BCUT2D eigenvalue weighted by Gasteiger charge is 2.21. The van der Waals surface area contributed by atoms with Crippen molar-refractivity contribution in [3.05, 3.63) is 23.8 Å².